The minimum atomic E-state index is -0.0755. The van der Waals surface area contributed by atoms with Gasteiger partial charge in [-0.1, -0.05) is 12.1 Å². The molecule has 0 aliphatic carbocycles. The van der Waals surface area contributed by atoms with Crippen molar-refractivity contribution in [3.05, 3.63) is 35.9 Å². The Labute approximate surface area is 82.7 Å². The van der Waals surface area contributed by atoms with Crippen LogP contribution >= 0.6 is 0 Å². The molecule has 1 aromatic rings. The fraction of sp³-hybridized carbons (Fsp3) is 0.100. The second-order valence-electron chi connectivity index (χ2n) is 2.76. The van der Waals surface area contributed by atoms with Crippen molar-refractivity contribution in [3.63, 3.8) is 0 Å². The Hall–Kier alpha value is -1.97. The summed E-state index contributed by atoms with van der Waals surface area (Å²) in [6.07, 6.45) is 1.39. The van der Waals surface area contributed by atoms with Crippen LogP contribution in [0.25, 0.3) is 5.70 Å². The minimum Gasteiger partial charge on any atom is -0.496 e. The molecule has 4 heteroatoms. The zero-order valence-electron chi connectivity index (χ0n) is 7.95. The molecule has 74 valence electrons. The number of nitrogens with two attached hydrogens (primary N) is 2. The van der Waals surface area contributed by atoms with Gasteiger partial charge < -0.3 is 16.2 Å². The van der Waals surface area contributed by atoms with E-state index in [1.807, 2.05) is 18.2 Å². The summed E-state index contributed by atoms with van der Waals surface area (Å²) >= 11 is 0. The van der Waals surface area contributed by atoms with Gasteiger partial charge in [0.05, 0.1) is 7.11 Å². The fourth-order valence-corrected chi connectivity index (χ4v) is 1.13. The number of amidine groups is 1. The molecule has 0 amide bonds. The number of para-hydroxylation sites is 1. The van der Waals surface area contributed by atoms with E-state index in [0.717, 1.165) is 5.56 Å². The first-order valence-electron chi connectivity index (χ1n) is 4.09. The van der Waals surface area contributed by atoms with E-state index in [2.05, 4.69) is 0 Å². The smallest absolute Gasteiger partial charge is 0.128 e. The highest BCUT2D eigenvalue weighted by Gasteiger charge is 2.03. The molecule has 1 aromatic carbocycles. The molecule has 0 spiro atoms. The maximum Gasteiger partial charge on any atom is 0.128 e. The van der Waals surface area contributed by atoms with Crippen molar-refractivity contribution < 1.29 is 4.74 Å². The molecule has 0 fully saturated rings. The standard InChI is InChI=1S/C10H13N3O/c1-14-9-5-3-2-4-7(9)8(11)6-10(12)13/h2-6H,11H2,1H3,(H3,12,13)/b8-6-. The molecular weight excluding hydrogens is 178 g/mol. The van der Waals surface area contributed by atoms with Gasteiger partial charge in [0, 0.05) is 17.3 Å². The minimum absolute atomic E-state index is 0.0755. The average molecular weight is 191 g/mol. The first-order valence-corrected chi connectivity index (χ1v) is 4.09. The monoisotopic (exact) mass is 191 g/mol. The highest BCUT2D eigenvalue weighted by Crippen LogP contribution is 2.21. The Bertz CT molecular complexity index is 371. The molecule has 4 nitrogen and oxygen atoms in total. The zero-order valence-corrected chi connectivity index (χ0v) is 7.95. The van der Waals surface area contributed by atoms with Crippen LogP contribution in [0.2, 0.25) is 0 Å². The molecule has 0 unspecified atom stereocenters. The van der Waals surface area contributed by atoms with E-state index in [9.17, 15) is 0 Å². The number of nitrogens with one attached hydrogen (secondary N) is 1. The first kappa shape index (κ1) is 10.1. The Kier molecular flexibility index (Phi) is 3.12. The quantitative estimate of drug-likeness (QED) is 0.490. The number of benzene rings is 1. The molecule has 1 rings (SSSR count). The largest absolute Gasteiger partial charge is 0.496 e. The summed E-state index contributed by atoms with van der Waals surface area (Å²) in [6.45, 7) is 0. The SMILES string of the molecule is COc1ccccc1/C(N)=C/C(=N)N. The van der Waals surface area contributed by atoms with Crippen LogP contribution in [0.5, 0.6) is 5.75 Å². The third-order valence-corrected chi connectivity index (χ3v) is 1.73. The van der Waals surface area contributed by atoms with Gasteiger partial charge in [0.25, 0.3) is 0 Å². The summed E-state index contributed by atoms with van der Waals surface area (Å²) in [5.41, 5.74) is 12.1. The molecule has 14 heavy (non-hydrogen) atoms. The van der Waals surface area contributed by atoms with Crippen molar-refractivity contribution in [2.45, 2.75) is 0 Å². The van der Waals surface area contributed by atoms with Crippen molar-refractivity contribution >= 4 is 11.5 Å². The molecule has 0 aliphatic rings. The fourth-order valence-electron chi connectivity index (χ4n) is 1.13. The van der Waals surface area contributed by atoms with Gasteiger partial charge in [-0.05, 0) is 12.1 Å². The predicted molar refractivity (Wildman–Crippen MR) is 57.1 cm³/mol. The van der Waals surface area contributed by atoms with Crippen LogP contribution in [0.4, 0.5) is 0 Å². The van der Waals surface area contributed by atoms with Crippen molar-refractivity contribution in [3.8, 4) is 5.75 Å². The summed E-state index contributed by atoms with van der Waals surface area (Å²) in [5, 5.41) is 7.08. The number of ether oxygens (including phenoxy) is 1. The van der Waals surface area contributed by atoms with E-state index < -0.39 is 0 Å². The molecule has 0 heterocycles. The Balaban J connectivity index is 3.11. The maximum atomic E-state index is 7.08. The van der Waals surface area contributed by atoms with E-state index in [1.165, 1.54) is 6.08 Å². The summed E-state index contributed by atoms with van der Waals surface area (Å²) in [4.78, 5) is 0. The van der Waals surface area contributed by atoms with Gasteiger partial charge in [0.2, 0.25) is 0 Å². The van der Waals surface area contributed by atoms with Gasteiger partial charge in [-0.2, -0.15) is 0 Å². The lowest BCUT2D eigenvalue weighted by Crippen LogP contribution is -2.09. The highest BCUT2D eigenvalue weighted by molar-refractivity contribution is 5.95. The van der Waals surface area contributed by atoms with Crippen LogP contribution in [0.3, 0.4) is 0 Å². The third kappa shape index (κ3) is 2.26. The molecule has 0 saturated carbocycles. The summed E-state index contributed by atoms with van der Waals surface area (Å²) in [7, 11) is 1.57. The molecular formula is C10H13N3O. The van der Waals surface area contributed by atoms with Gasteiger partial charge in [-0.3, -0.25) is 5.41 Å². The number of rotatable bonds is 3. The molecule has 0 saturated heterocycles. The highest BCUT2D eigenvalue weighted by atomic mass is 16.5. The second kappa shape index (κ2) is 4.32. The maximum absolute atomic E-state index is 7.08. The van der Waals surface area contributed by atoms with Crippen LogP contribution < -0.4 is 16.2 Å². The van der Waals surface area contributed by atoms with Crippen LogP contribution in [-0.4, -0.2) is 12.9 Å². The number of hydrogen-bond acceptors (Lipinski definition) is 3. The average Bonchev–Trinajstić information content (AvgIpc) is 2.16. The van der Waals surface area contributed by atoms with E-state index in [4.69, 9.17) is 21.6 Å². The molecule has 0 aliphatic heterocycles. The van der Waals surface area contributed by atoms with Crippen LogP contribution in [0.1, 0.15) is 5.56 Å². The predicted octanol–water partition coefficient (Wildman–Crippen LogP) is 0.931. The topological polar surface area (TPSA) is 85.1 Å². The Morgan fingerprint density at radius 2 is 2.00 bits per heavy atom. The van der Waals surface area contributed by atoms with Gasteiger partial charge >= 0.3 is 0 Å². The van der Waals surface area contributed by atoms with Crippen molar-refractivity contribution in [2.75, 3.05) is 7.11 Å². The normalized spacial score (nSPS) is 11.1. The number of hydrogen-bond donors (Lipinski definition) is 3. The Morgan fingerprint density at radius 1 is 1.36 bits per heavy atom. The van der Waals surface area contributed by atoms with Crippen molar-refractivity contribution in [1.29, 1.82) is 5.41 Å². The van der Waals surface area contributed by atoms with Crippen molar-refractivity contribution in [2.24, 2.45) is 11.5 Å². The van der Waals surface area contributed by atoms with Crippen LogP contribution in [0.15, 0.2) is 30.3 Å². The number of methoxy groups -OCH3 is 1. The third-order valence-electron chi connectivity index (χ3n) is 1.73. The van der Waals surface area contributed by atoms with E-state index in [1.54, 1.807) is 13.2 Å². The summed E-state index contributed by atoms with van der Waals surface area (Å²) in [5.74, 6) is 0.593. The molecule has 5 N–H and O–H groups in total. The van der Waals surface area contributed by atoms with E-state index in [-0.39, 0.29) is 5.84 Å². The van der Waals surface area contributed by atoms with Crippen LogP contribution in [0, 0.1) is 5.41 Å². The summed E-state index contributed by atoms with van der Waals surface area (Å²) in [6, 6.07) is 7.31. The zero-order chi connectivity index (χ0) is 10.6. The molecule has 0 bridgehead atoms. The van der Waals surface area contributed by atoms with Gasteiger partial charge in [0.1, 0.15) is 11.6 Å². The van der Waals surface area contributed by atoms with Gasteiger partial charge in [-0.25, -0.2) is 0 Å². The van der Waals surface area contributed by atoms with Gasteiger partial charge in [-0.15, -0.1) is 0 Å². The first-order chi connectivity index (χ1) is 6.65. The molecule has 0 aromatic heterocycles. The lowest BCUT2D eigenvalue weighted by Gasteiger charge is -2.07. The van der Waals surface area contributed by atoms with E-state index in [0.29, 0.717) is 11.4 Å². The Morgan fingerprint density at radius 3 is 2.57 bits per heavy atom. The lowest BCUT2D eigenvalue weighted by atomic mass is 10.1. The summed E-state index contributed by atoms with van der Waals surface area (Å²) < 4.78 is 5.12. The molecule has 0 radical (unpaired) electrons. The second-order valence-corrected chi connectivity index (χ2v) is 2.76. The molecule has 0 atom stereocenters. The van der Waals surface area contributed by atoms with E-state index >= 15 is 0 Å². The van der Waals surface area contributed by atoms with Crippen molar-refractivity contribution in [1.82, 2.24) is 0 Å². The lowest BCUT2D eigenvalue weighted by molar-refractivity contribution is 0.413. The van der Waals surface area contributed by atoms with Crippen LogP contribution in [-0.2, 0) is 0 Å². The van der Waals surface area contributed by atoms with Gasteiger partial charge in [0.15, 0.2) is 0 Å².